The van der Waals surface area contributed by atoms with Crippen molar-refractivity contribution in [1.82, 2.24) is 10.2 Å². The number of rotatable bonds is 3. The van der Waals surface area contributed by atoms with E-state index in [4.69, 9.17) is 10.5 Å². The molecule has 0 bridgehead atoms. The van der Waals surface area contributed by atoms with Gasteiger partial charge in [0.2, 0.25) is 5.88 Å². The molecule has 0 aliphatic carbocycles. The molecule has 0 aliphatic rings. The van der Waals surface area contributed by atoms with Gasteiger partial charge in [0.1, 0.15) is 5.75 Å². The maximum atomic E-state index is 12.5. The van der Waals surface area contributed by atoms with Crippen molar-refractivity contribution in [2.75, 3.05) is 0 Å². The highest BCUT2D eigenvalue weighted by molar-refractivity contribution is 5.34. The molecule has 0 fully saturated rings. The molecule has 0 spiro atoms. The molecule has 19 heavy (non-hydrogen) atoms. The molecular weight excluding hydrogens is 259 g/mol. The third-order valence-electron chi connectivity index (χ3n) is 2.36. The third-order valence-corrected chi connectivity index (χ3v) is 2.36. The van der Waals surface area contributed by atoms with Gasteiger partial charge < -0.3 is 10.5 Å². The molecule has 0 aliphatic heterocycles. The number of hydrogen-bond donors (Lipinski definition) is 1. The number of benzene rings is 1. The van der Waals surface area contributed by atoms with Crippen LogP contribution >= 0.6 is 0 Å². The number of alkyl halides is 3. The molecule has 100 valence electrons. The smallest absolute Gasteiger partial charge is 0.416 e. The molecule has 2 aromatic rings. The highest BCUT2D eigenvalue weighted by Crippen LogP contribution is 2.32. The summed E-state index contributed by atoms with van der Waals surface area (Å²) in [4.78, 5) is 0. The first-order valence-corrected chi connectivity index (χ1v) is 5.36. The van der Waals surface area contributed by atoms with Gasteiger partial charge >= 0.3 is 6.18 Å². The SMILES string of the molecule is NCc1ccnnc1Oc1cccc(C(F)(F)F)c1. The molecule has 1 heterocycles. The lowest BCUT2D eigenvalue weighted by molar-refractivity contribution is -0.137. The Morgan fingerprint density at radius 1 is 1.21 bits per heavy atom. The van der Waals surface area contributed by atoms with Gasteiger partial charge in [-0.05, 0) is 24.3 Å². The van der Waals surface area contributed by atoms with E-state index in [1.165, 1.54) is 18.3 Å². The van der Waals surface area contributed by atoms with Crippen molar-refractivity contribution in [3.05, 3.63) is 47.7 Å². The summed E-state index contributed by atoms with van der Waals surface area (Å²) in [6.07, 6.45) is -2.99. The van der Waals surface area contributed by atoms with Crippen molar-refractivity contribution in [3.8, 4) is 11.6 Å². The molecule has 0 unspecified atom stereocenters. The highest BCUT2D eigenvalue weighted by Gasteiger charge is 2.30. The van der Waals surface area contributed by atoms with Crippen molar-refractivity contribution >= 4 is 0 Å². The summed E-state index contributed by atoms with van der Waals surface area (Å²) in [6, 6.07) is 6.12. The summed E-state index contributed by atoms with van der Waals surface area (Å²) >= 11 is 0. The van der Waals surface area contributed by atoms with E-state index in [0.29, 0.717) is 5.56 Å². The fourth-order valence-electron chi connectivity index (χ4n) is 1.43. The summed E-state index contributed by atoms with van der Waals surface area (Å²) in [5, 5.41) is 7.31. The van der Waals surface area contributed by atoms with Gasteiger partial charge in [-0.1, -0.05) is 6.07 Å². The predicted molar refractivity (Wildman–Crippen MR) is 61.4 cm³/mol. The Kier molecular flexibility index (Phi) is 3.66. The summed E-state index contributed by atoms with van der Waals surface area (Å²) in [5.74, 6) is 0.134. The molecule has 7 heteroatoms. The molecule has 0 radical (unpaired) electrons. The Hall–Kier alpha value is -2.15. The Morgan fingerprint density at radius 2 is 2.00 bits per heavy atom. The van der Waals surface area contributed by atoms with Gasteiger partial charge in [-0.15, -0.1) is 5.10 Å². The summed E-state index contributed by atoms with van der Waals surface area (Å²) in [5.41, 5.74) is 5.25. The van der Waals surface area contributed by atoms with Crippen molar-refractivity contribution < 1.29 is 17.9 Å². The number of nitrogens with two attached hydrogens (primary N) is 1. The number of nitrogens with zero attached hydrogens (tertiary/aromatic N) is 2. The van der Waals surface area contributed by atoms with E-state index in [2.05, 4.69) is 10.2 Å². The molecule has 4 nitrogen and oxygen atoms in total. The summed E-state index contributed by atoms with van der Waals surface area (Å²) in [6.45, 7) is 0.157. The van der Waals surface area contributed by atoms with Gasteiger partial charge in [0.05, 0.1) is 11.8 Å². The standard InChI is InChI=1S/C12H10F3N3O/c13-12(14,15)9-2-1-3-10(6-9)19-11-8(7-16)4-5-17-18-11/h1-6H,7,16H2. The van der Waals surface area contributed by atoms with E-state index in [0.717, 1.165) is 12.1 Å². The molecule has 1 aromatic heterocycles. The minimum absolute atomic E-state index is 0.0324. The third kappa shape index (κ3) is 3.19. The van der Waals surface area contributed by atoms with E-state index in [-0.39, 0.29) is 18.2 Å². The number of ether oxygens (including phenoxy) is 1. The fraction of sp³-hybridized carbons (Fsp3) is 0.167. The zero-order valence-electron chi connectivity index (χ0n) is 9.69. The van der Waals surface area contributed by atoms with Crippen LogP contribution in [0.4, 0.5) is 13.2 Å². The minimum atomic E-state index is -4.42. The second-order valence-electron chi connectivity index (χ2n) is 3.69. The van der Waals surface area contributed by atoms with Gasteiger partial charge in [-0.25, -0.2) is 0 Å². The normalized spacial score (nSPS) is 11.4. The average molecular weight is 269 g/mol. The zero-order chi connectivity index (χ0) is 13.9. The van der Waals surface area contributed by atoms with Crippen LogP contribution in [0.25, 0.3) is 0 Å². The Bertz CT molecular complexity index is 572. The highest BCUT2D eigenvalue weighted by atomic mass is 19.4. The van der Waals surface area contributed by atoms with E-state index < -0.39 is 11.7 Å². The van der Waals surface area contributed by atoms with Crippen LogP contribution in [0.5, 0.6) is 11.6 Å². The zero-order valence-corrected chi connectivity index (χ0v) is 9.69. The van der Waals surface area contributed by atoms with Crippen LogP contribution in [0.1, 0.15) is 11.1 Å². The van der Waals surface area contributed by atoms with Crippen molar-refractivity contribution in [2.24, 2.45) is 5.73 Å². The Morgan fingerprint density at radius 3 is 2.68 bits per heavy atom. The lowest BCUT2D eigenvalue weighted by atomic mass is 10.2. The lowest BCUT2D eigenvalue weighted by Crippen LogP contribution is -2.05. The molecule has 2 N–H and O–H groups in total. The van der Waals surface area contributed by atoms with Gasteiger partial charge in [0, 0.05) is 12.1 Å². The Balaban J connectivity index is 2.29. The second kappa shape index (κ2) is 5.23. The minimum Gasteiger partial charge on any atom is -0.437 e. The first-order valence-electron chi connectivity index (χ1n) is 5.36. The topological polar surface area (TPSA) is 61.0 Å². The molecule has 1 aromatic carbocycles. The largest absolute Gasteiger partial charge is 0.437 e. The van der Waals surface area contributed by atoms with Crippen molar-refractivity contribution in [1.29, 1.82) is 0 Å². The molecule has 0 saturated carbocycles. The second-order valence-corrected chi connectivity index (χ2v) is 3.69. The van der Waals surface area contributed by atoms with Crippen LogP contribution in [0.2, 0.25) is 0 Å². The van der Waals surface area contributed by atoms with Crippen LogP contribution in [0.15, 0.2) is 36.5 Å². The van der Waals surface area contributed by atoms with Crippen LogP contribution in [0, 0.1) is 0 Å². The van der Waals surface area contributed by atoms with Crippen LogP contribution in [0.3, 0.4) is 0 Å². The maximum Gasteiger partial charge on any atom is 0.416 e. The van der Waals surface area contributed by atoms with E-state index >= 15 is 0 Å². The van der Waals surface area contributed by atoms with Gasteiger partial charge in [0.25, 0.3) is 0 Å². The van der Waals surface area contributed by atoms with E-state index in [1.807, 2.05) is 0 Å². The summed E-state index contributed by atoms with van der Waals surface area (Å²) in [7, 11) is 0. The maximum absolute atomic E-state index is 12.5. The summed E-state index contributed by atoms with van der Waals surface area (Å²) < 4.78 is 42.9. The molecule has 2 rings (SSSR count). The first-order chi connectivity index (χ1) is 9.00. The van der Waals surface area contributed by atoms with Gasteiger partial charge in [-0.3, -0.25) is 0 Å². The number of hydrogen-bond acceptors (Lipinski definition) is 4. The van der Waals surface area contributed by atoms with Crippen molar-refractivity contribution in [2.45, 2.75) is 12.7 Å². The molecule has 0 atom stereocenters. The van der Waals surface area contributed by atoms with Gasteiger partial charge in [-0.2, -0.15) is 18.3 Å². The van der Waals surface area contributed by atoms with Crippen LogP contribution in [-0.4, -0.2) is 10.2 Å². The number of aromatic nitrogens is 2. The molecule has 0 amide bonds. The molecular formula is C12H10F3N3O. The average Bonchev–Trinajstić information content (AvgIpc) is 2.39. The predicted octanol–water partition coefficient (Wildman–Crippen LogP) is 2.75. The molecule has 0 saturated heterocycles. The lowest BCUT2D eigenvalue weighted by Gasteiger charge is -2.10. The van der Waals surface area contributed by atoms with Crippen LogP contribution in [-0.2, 0) is 12.7 Å². The number of halogens is 3. The van der Waals surface area contributed by atoms with E-state index in [9.17, 15) is 13.2 Å². The fourth-order valence-corrected chi connectivity index (χ4v) is 1.43. The van der Waals surface area contributed by atoms with Crippen LogP contribution < -0.4 is 10.5 Å². The first kappa shape index (κ1) is 13.3. The quantitative estimate of drug-likeness (QED) is 0.930. The monoisotopic (exact) mass is 269 g/mol. The Labute approximate surface area is 107 Å². The van der Waals surface area contributed by atoms with E-state index in [1.54, 1.807) is 6.07 Å². The van der Waals surface area contributed by atoms with Crippen molar-refractivity contribution in [3.63, 3.8) is 0 Å². The van der Waals surface area contributed by atoms with Gasteiger partial charge in [0.15, 0.2) is 0 Å².